The van der Waals surface area contributed by atoms with Crippen LogP contribution in [0, 0.1) is 11.8 Å². The average molecular weight is 357 g/mol. The number of rotatable bonds is 5. The number of aromatic nitrogens is 4. The zero-order valence-electron chi connectivity index (χ0n) is 16.2. The van der Waals surface area contributed by atoms with E-state index in [4.69, 9.17) is 0 Å². The molecule has 0 aliphatic carbocycles. The lowest BCUT2D eigenvalue weighted by molar-refractivity contribution is 0.165. The lowest BCUT2D eigenvalue weighted by atomic mass is 10.0. The van der Waals surface area contributed by atoms with Crippen LogP contribution in [0.25, 0.3) is 0 Å². The number of hydrogen-bond donors (Lipinski definition) is 0. The topological polar surface area (TPSA) is 42.1 Å². The molecule has 0 N–H and O–H groups in total. The van der Waals surface area contributed by atoms with Crippen LogP contribution < -0.4 is 0 Å². The van der Waals surface area contributed by atoms with Gasteiger partial charge in [0, 0.05) is 25.5 Å². The van der Waals surface area contributed by atoms with Crippen molar-refractivity contribution in [2.24, 2.45) is 11.8 Å². The first-order valence-electron chi connectivity index (χ1n) is 10.2. The van der Waals surface area contributed by atoms with E-state index >= 15 is 0 Å². The first kappa shape index (κ1) is 17.7. The van der Waals surface area contributed by atoms with Crippen LogP contribution in [0.1, 0.15) is 51.2 Å². The largest absolute Gasteiger partial charge is 0.296 e. The molecule has 6 heteroatoms. The molecule has 0 radical (unpaired) electrons. The summed E-state index contributed by atoms with van der Waals surface area (Å²) in [5.74, 6) is 3.66. The fraction of sp³-hybridized carbons (Fsp3) is 0.700. The van der Waals surface area contributed by atoms with Gasteiger partial charge in [-0.3, -0.25) is 14.5 Å². The standard InChI is InChI=1S/C20H32N6/c1-17-7-5-9-23(13-17)15-19-21-22-20(26(19)25-11-3-4-12-25)16-24-10-6-8-18(2)14-24/h3-4,11-12,17-18H,5-10,13-16H2,1-2H3/t17-,18-/m1/s1. The minimum atomic E-state index is 0.779. The molecule has 0 saturated carbocycles. The molecule has 142 valence electrons. The fourth-order valence-corrected chi connectivity index (χ4v) is 4.53. The highest BCUT2D eigenvalue weighted by molar-refractivity contribution is 5.02. The first-order valence-corrected chi connectivity index (χ1v) is 10.2. The highest BCUT2D eigenvalue weighted by atomic mass is 15.5. The van der Waals surface area contributed by atoms with Gasteiger partial charge in [-0.15, -0.1) is 10.2 Å². The van der Waals surface area contributed by atoms with E-state index in [0.717, 1.165) is 49.7 Å². The van der Waals surface area contributed by atoms with Gasteiger partial charge in [-0.05, 0) is 62.7 Å². The number of hydrogen-bond acceptors (Lipinski definition) is 4. The van der Waals surface area contributed by atoms with Crippen LogP contribution in [-0.4, -0.2) is 55.5 Å². The predicted octanol–water partition coefficient (Wildman–Crippen LogP) is 2.85. The van der Waals surface area contributed by atoms with Gasteiger partial charge < -0.3 is 0 Å². The van der Waals surface area contributed by atoms with Crippen LogP contribution in [0.5, 0.6) is 0 Å². The van der Waals surface area contributed by atoms with E-state index in [1.54, 1.807) is 0 Å². The van der Waals surface area contributed by atoms with Gasteiger partial charge >= 0.3 is 0 Å². The molecule has 2 atom stereocenters. The van der Waals surface area contributed by atoms with Crippen molar-refractivity contribution in [2.75, 3.05) is 26.2 Å². The van der Waals surface area contributed by atoms with Crippen molar-refractivity contribution in [3.8, 4) is 0 Å². The molecule has 2 aliphatic rings. The summed E-state index contributed by atoms with van der Waals surface area (Å²) in [7, 11) is 0. The summed E-state index contributed by atoms with van der Waals surface area (Å²) in [5, 5.41) is 9.20. The second kappa shape index (κ2) is 7.92. The quantitative estimate of drug-likeness (QED) is 0.826. The van der Waals surface area contributed by atoms with Crippen molar-refractivity contribution < 1.29 is 0 Å². The minimum Gasteiger partial charge on any atom is -0.296 e. The van der Waals surface area contributed by atoms with Gasteiger partial charge in [0.1, 0.15) is 0 Å². The van der Waals surface area contributed by atoms with Crippen LogP contribution in [0.4, 0.5) is 0 Å². The number of piperidine rings is 2. The molecule has 0 spiro atoms. The summed E-state index contributed by atoms with van der Waals surface area (Å²) in [6.07, 6.45) is 9.45. The third-order valence-electron chi connectivity index (χ3n) is 5.80. The molecule has 4 heterocycles. The third kappa shape index (κ3) is 4.01. The Bertz CT molecular complexity index is 650. The van der Waals surface area contributed by atoms with Gasteiger partial charge in [-0.2, -0.15) is 0 Å². The lowest BCUT2D eigenvalue weighted by Crippen LogP contribution is -2.36. The molecule has 0 aromatic carbocycles. The van der Waals surface area contributed by atoms with Gasteiger partial charge in [-0.1, -0.05) is 13.8 Å². The zero-order valence-corrected chi connectivity index (χ0v) is 16.2. The van der Waals surface area contributed by atoms with Crippen molar-refractivity contribution >= 4 is 0 Å². The van der Waals surface area contributed by atoms with E-state index < -0.39 is 0 Å². The Morgan fingerprint density at radius 1 is 0.846 bits per heavy atom. The summed E-state index contributed by atoms with van der Waals surface area (Å²) < 4.78 is 4.35. The SMILES string of the molecule is C[C@@H]1CCCN(Cc2nnc(CN3CCC[C@@H](C)C3)n2-n2cccc2)C1. The van der Waals surface area contributed by atoms with E-state index in [1.165, 1.54) is 38.8 Å². The van der Waals surface area contributed by atoms with Gasteiger partial charge in [0.05, 0.1) is 13.1 Å². The molecule has 4 rings (SSSR count). The molecule has 26 heavy (non-hydrogen) atoms. The van der Waals surface area contributed by atoms with E-state index in [2.05, 4.69) is 67.7 Å². The molecule has 0 unspecified atom stereocenters. The lowest BCUT2D eigenvalue weighted by Gasteiger charge is -2.31. The van der Waals surface area contributed by atoms with Crippen molar-refractivity contribution in [1.82, 2.24) is 29.3 Å². The zero-order chi connectivity index (χ0) is 17.9. The Morgan fingerprint density at radius 2 is 1.35 bits per heavy atom. The predicted molar refractivity (Wildman–Crippen MR) is 103 cm³/mol. The van der Waals surface area contributed by atoms with Gasteiger partial charge in [0.2, 0.25) is 0 Å². The maximum Gasteiger partial charge on any atom is 0.167 e. The summed E-state index contributed by atoms with van der Waals surface area (Å²) in [4.78, 5) is 5.07. The maximum absolute atomic E-state index is 4.60. The summed E-state index contributed by atoms with van der Waals surface area (Å²) in [6.45, 7) is 11.1. The Kier molecular flexibility index (Phi) is 5.41. The van der Waals surface area contributed by atoms with Crippen LogP contribution in [0.15, 0.2) is 24.5 Å². The number of likely N-dealkylation sites (tertiary alicyclic amines) is 2. The van der Waals surface area contributed by atoms with E-state index in [-0.39, 0.29) is 0 Å². The highest BCUT2D eigenvalue weighted by Gasteiger charge is 2.23. The first-order chi connectivity index (χ1) is 12.7. The molecule has 0 bridgehead atoms. The molecule has 2 aromatic heterocycles. The van der Waals surface area contributed by atoms with E-state index in [0.29, 0.717) is 0 Å². The third-order valence-corrected chi connectivity index (χ3v) is 5.80. The van der Waals surface area contributed by atoms with Gasteiger partial charge in [-0.25, -0.2) is 4.68 Å². The van der Waals surface area contributed by atoms with E-state index in [9.17, 15) is 0 Å². The molecule has 2 fully saturated rings. The van der Waals surface area contributed by atoms with Gasteiger partial charge in [0.15, 0.2) is 11.6 Å². The molecular formula is C20H32N6. The Labute approximate surface area is 156 Å². The molecule has 2 saturated heterocycles. The molecular weight excluding hydrogens is 324 g/mol. The normalized spacial score (nSPS) is 25.6. The Balaban J connectivity index is 1.55. The van der Waals surface area contributed by atoms with Crippen LogP contribution >= 0.6 is 0 Å². The molecule has 0 amide bonds. The minimum absolute atomic E-state index is 0.779. The average Bonchev–Trinajstić information content (AvgIpc) is 3.25. The summed E-state index contributed by atoms with van der Waals surface area (Å²) in [6, 6.07) is 4.14. The van der Waals surface area contributed by atoms with Crippen molar-refractivity contribution in [1.29, 1.82) is 0 Å². The van der Waals surface area contributed by atoms with Crippen molar-refractivity contribution in [3.05, 3.63) is 36.2 Å². The Morgan fingerprint density at radius 3 is 1.81 bits per heavy atom. The highest BCUT2D eigenvalue weighted by Crippen LogP contribution is 2.20. The van der Waals surface area contributed by atoms with Crippen molar-refractivity contribution in [3.63, 3.8) is 0 Å². The maximum atomic E-state index is 4.60. The molecule has 2 aliphatic heterocycles. The van der Waals surface area contributed by atoms with Crippen LogP contribution in [-0.2, 0) is 13.1 Å². The monoisotopic (exact) mass is 356 g/mol. The summed E-state index contributed by atoms with van der Waals surface area (Å²) >= 11 is 0. The van der Waals surface area contributed by atoms with Crippen LogP contribution in [0.2, 0.25) is 0 Å². The van der Waals surface area contributed by atoms with Gasteiger partial charge in [0.25, 0.3) is 0 Å². The second-order valence-electron chi connectivity index (χ2n) is 8.37. The number of nitrogens with zero attached hydrogens (tertiary/aromatic N) is 6. The van der Waals surface area contributed by atoms with Crippen molar-refractivity contribution in [2.45, 2.75) is 52.6 Å². The molecule has 2 aromatic rings. The second-order valence-corrected chi connectivity index (χ2v) is 8.37. The smallest absolute Gasteiger partial charge is 0.167 e. The van der Waals surface area contributed by atoms with E-state index in [1.807, 2.05) is 0 Å². The summed E-state index contributed by atoms with van der Waals surface area (Å²) in [5.41, 5.74) is 0. The molecule has 6 nitrogen and oxygen atoms in total. The Hall–Kier alpha value is -1.66. The van der Waals surface area contributed by atoms with Crippen LogP contribution in [0.3, 0.4) is 0 Å². The fourth-order valence-electron chi connectivity index (χ4n) is 4.53.